The molecule has 3 aromatic rings. The largest absolute Gasteiger partial charge is 0.477 e. The Balaban J connectivity index is 1.31. The number of pyridine rings is 1. The molecule has 30 heavy (non-hydrogen) atoms. The molecule has 0 fully saturated rings. The summed E-state index contributed by atoms with van der Waals surface area (Å²) >= 11 is 0. The molecule has 0 spiro atoms. The van der Waals surface area contributed by atoms with E-state index >= 15 is 0 Å². The van der Waals surface area contributed by atoms with E-state index in [4.69, 9.17) is 9.84 Å². The van der Waals surface area contributed by atoms with E-state index in [-0.39, 0.29) is 24.8 Å². The topological polar surface area (TPSA) is 88.5 Å². The Hall–Kier alpha value is -3.93. The molecular weight excluding hydrogens is 380 g/mol. The van der Waals surface area contributed by atoms with Gasteiger partial charge in [-0.05, 0) is 33.9 Å². The number of nitrogens with zero attached hydrogens (tertiary/aromatic N) is 1. The number of hydrogen-bond acceptors (Lipinski definition) is 4. The van der Waals surface area contributed by atoms with Gasteiger partial charge in [-0.3, -0.25) is 0 Å². The smallest absolute Gasteiger partial charge is 0.407 e. The molecule has 0 saturated carbocycles. The van der Waals surface area contributed by atoms with Crippen molar-refractivity contribution in [3.05, 3.63) is 95.3 Å². The maximum Gasteiger partial charge on any atom is 0.407 e. The Morgan fingerprint density at radius 2 is 1.67 bits per heavy atom. The summed E-state index contributed by atoms with van der Waals surface area (Å²) in [5.41, 5.74) is 5.45. The Morgan fingerprint density at radius 3 is 2.27 bits per heavy atom. The van der Waals surface area contributed by atoms with E-state index in [1.54, 1.807) is 18.2 Å². The Labute approximate surface area is 173 Å². The lowest BCUT2D eigenvalue weighted by Crippen LogP contribution is -2.26. The van der Waals surface area contributed by atoms with Gasteiger partial charge >= 0.3 is 12.1 Å². The van der Waals surface area contributed by atoms with Crippen molar-refractivity contribution in [2.45, 2.75) is 5.92 Å². The molecule has 0 radical (unpaired) electrons. The lowest BCUT2D eigenvalue weighted by atomic mass is 9.98. The monoisotopic (exact) mass is 400 g/mol. The summed E-state index contributed by atoms with van der Waals surface area (Å²) in [6.45, 7) is 0.557. The number of hydrogen-bond donors (Lipinski definition) is 2. The molecule has 0 bridgehead atoms. The molecule has 0 atom stereocenters. The highest BCUT2D eigenvalue weighted by Crippen LogP contribution is 2.44. The van der Waals surface area contributed by atoms with Crippen molar-refractivity contribution >= 4 is 18.1 Å². The third kappa shape index (κ3) is 4.07. The van der Waals surface area contributed by atoms with Gasteiger partial charge < -0.3 is 15.2 Å². The number of rotatable bonds is 6. The SMILES string of the molecule is O=C(NCC=Cc1ccc(C(=O)O)nc1)OCC1c2ccccc2-c2ccccc21. The molecule has 1 heterocycles. The fraction of sp³-hybridized carbons (Fsp3) is 0.125. The number of benzene rings is 2. The van der Waals surface area contributed by atoms with Crippen molar-refractivity contribution in [1.29, 1.82) is 0 Å². The first-order valence-corrected chi connectivity index (χ1v) is 9.58. The van der Waals surface area contributed by atoms with E-state index in [0.717, 1.165) is 5.56 Å². The summed E-state index contributed by atoms with van der Waals surface area (Å²) in [6.07, 6.45) is 4.48. The summed E-state index contributed by atoms with van der Waals surface area (Å²) in [7, 11) is 0. The van der Waals surface area contributed by atoms with Crippen molar-refractivity contribution in [2.24, 2.45) is 0 Å². The molecule has 0 unspecified atom stereocenters. The molecule has 1 aliphatic rings. The van der Waals surface area contributed by atoms with Crippen LogP contribution in [0.15, 0.2) is 72.9 Å². The number of nitrogens with one attached hydrogen (secondary N) is 1. The van der Waals surface area contributed by atoms with E-state index in [1.165, 1.54) is 34.5 Å². The van der Waals surface area contributed by atoms with Crippen molar-refractivity contribution in [3.8, 4) is 11.1 Å². The molecule has 6 heteroatoms. The van der Waals surface area contributed by atoms with Crippen LogP contribution in [0.3, 0.4) is 0 Å². The van der Waals surface area contributed by atoms with Crippen molar-refractivity contribution < 1.29 is 19.4 Å². The summed E-state index contributed by atoms with van der Waals surface area (Å²) in [5.74, 6) is -1.04. The number of alkyl carbamates (subject to hydrolysis) is 1. The van der Waals surface area contributed by atoms with Crippen molar-refractivity contribution in [1.82, 2.24) is 10.3 Å². The zero-order valence-corrected chi connectivity index (χ0v) is 16.1. The van der Waals surface area contributed by atoms with E-state index < -0.39 is 12.1 Å². The normalized spacial score (nSPS) is 12.4. The number of carboxylic acid groups (broad SMARTS) is 1. The number of amides is 1. The molecule has 0 aliphatic heterocycles. The zero-order chi connectivity index (χ0) is 20.9. The fourth-order valence-electron chi connectivity index (χ4n) is 3.62. The third-order valence-corrected chi connectivity index (χ3v) is 5.02. The van der Waals surface area contributed by atoms with Crippen molar-refractivity contribution in [3.63, 3.8) is 0 Å². The summed E-state index contributed by atoms with van der Waals surface area (Å²) in [5, 5.41) is 11.5. The summed E-state index contributed by atoms with van der Waals surface area (Å²) in [4.78, 5) is 26.7. The van der Waals surface area contributed by atoms with Crippen LogP contribution >= 0.6 is 0 Å². The van der Waals surface area contributed by atoms with Crippen LogP contribution in [0, 0.1) is 0 Å². The number of aromatic carboxylic acids is 1. The van der Waals surface area contributed by atoms with Crippen LogP contribution in [0.2, 0.25) is 0 Å². The first kappa shape index (κ1) is 19.4. The highest BCUT2D eigenvalue weighted by Gasteiger charge is 2.28. The molecule has 0 saturated heterocycles. The molecule has 1 aliphatic carbocycles. The lowest BCUT2D eigenvalue weighted by molar-refractivity contribution is 0.0690. The van der Waals surface area contributed by atoms with E-state index in [9.17, 15) is 9.59 Å². The maximum absolute atomic E-state index is 12.1. The van der Waals surface area contributed by atoms with E-state index in [0.29, 0.717) is 0 Å². The van der Waals surface area contributed by atoms with Gasteiger partial charge in [0.25, 0.3) is 0 Å². The number of ether oxygens (including phenoxy) is 1. The molecule has 2 aromatic carbocycles. The Kier molecular flexibility index (Phi) is 5.57. The minimum Gasteiger partial charge on any atom is -0.477 e. The first-order chi connectivity index (χ1) is 14.6. The molecule has 1 amide bonds. The predicted octanol–water partition coefficient (Wildman–Crippen LogP) is 4.33. The zero-order valence-electron chi connectivity index (χ0n) is 16.1. The van der Waals surface area contributed by atoms with Gasteiger partial charge in [0.1, 0.15) is 12.3 Å². The standard InChI is InChI=1S/C24H20N2O4/c27-23(28)22-12-11-16(14-26-22)6-5-13-25-24(29)30-15-21-19-9-3-1-7-17(19)18-8-2-4-10-20(18)21/h1-12,14,21H,13,15H2,(H,25,29)(H,27,28). The van der Waals surface area contributed by atoms with Crippen LogP contribution in [0.5, 0.6) is 0 Å². The van der Waals surface area contributed by atoms with Crippen LogP contribution in [0.1, 0.15) is 33.1 Å². The number of carboxylic acids is 1. The minimum atomic E-state index is -1.07. The molecule has 6 nitrogen and oxygen atoms in total. The number of carbonyl (C=O) groups excluding carboxylic acids is 1. The van der Waals surface area contributed by atoms with Gasteiger partial charge in [-0.2, -0.15) is 0 Å². The molecule has 2 N–H and O–H groups in total. The van der Waals surface area contributed by atoms with Crippen LogP contribution in [0.4, 0.5) is 4.79 Å². The van der Waals surface area contributed by atoms with Crippen LogP contribution in [-0.2, 0) is 4.74 Å². The average Bonchev–Trinajstić information content (AvgIpc) is 3.09. The predicted molar refractivity (Wildman–Crippen MR) is 113 cm³/mol. The first-order valence-electron chi connectivity index (χ1n) is 9.58. The fourth-order valence-corrected chi connectivity index (χ4v) is 3.62. The minimum absolute atomic E-state index is 0.0103. The molecule has 1 aromatic heterocycles. The van der Waals surface area contributed by atoms with Crippen LogP contribution < -0.4 is 5.32 Å². The van der Waals surface area contributed by atoms with Crippen LogP contribution in [-0.4, -0.2) is 35.3 Å². The van der Waals surface area contributed by atoms with Gasteiger partial charge in [0.2, 0.25) is 0 Å². The lowest BCUT2D eigenvalue weighted by Gasteiger charge is -2.14. The third-order valence-electron chi connectivity index (χ3n) is 5.02. The Morgan fingerprint density at radius 1 is 1.00 bits per heavy atom. The highest BCUT2D eigenvalue weighted by molar-refractivity contribution is 5.85. The van der Waals surface area contributed by atoms with E-state index in [2.05, 4.69) is 34.6 Å². The van der Waals surface area contributed by atoms with Gasteiger partial charge in [0, 0.05) is 18.7 Å². The second kappa shape index (κ2) is 8.61. The second-order valence-electron chi connectivity index (χ2n) is 6.89. The average molecular weight is 400 g/mol. The number of carbonyl (C=O) groups is 2. The van der Waals surface area contributed by atoms with Crippen molar-refractivity contribution in [2.75, 3.05) is 13.2 Å². The number of aromatic nitrogens is 1. The molecular formula is C24H20N2O4. The van der Waals surface area contributed by atoms with Gasteiger partial charge in [0.15, 0.2) is 0 Å². The number of fused-ring (bicyclic) bond motifs is 3. The second-order valence-corrected chi connectivity index (χ2v) is 6.89. The van der Waals surface area contributed by atoms with E-state index in [1.807, 2.05) is 24.3 Å². The van der Waals surface area contributed by atoms with Gasteiger partial charge in [-0.1, -0.05) is 66.7 Å². The van der Waals surface area contributed by atoms with Gasteiger partial charge in [0.05, 0.1) is 0 Å². The summed E-state index contributed by atoms with van der Waals surface area (Å²) in [6, 6.07) is 19.5. The van der Waals surface area contributed by atoms with Gasteiger partial charge in [-0.25, -0.2) is 14.6 Å². The molecule has 150 valence electrons. The highest BCUT2D eigenvalue weighted by atomic mass is 16.5. The van der Waals surface area contributed by atoms with Gasteiger partial charge in [-0.15, -0.1) is 0 Å². The van der Waals surface area contributed by atoms with Crippen LogP contribution in [0.25, 0.3) is 17.2 Å². The maximum atomic E-state index is 12.1. The quantitative estimate of drug-likeness (QED) is 0.643. The molecule has 4 rings (SSSR count). The Bertz CT molecular complexity index is 1060. The summed E-state index contributed by atoms with van der Waals surface area (Å²) < 4.78 is 5.47.